The molecule has 4 rings (SSSR count). The van der Waals surface area contributed by atoms with Gasteiger partial charge >= 0.3 is 0 Å². The van der Waals surface area contributed by atoms with Crippen LogP contribution in [0.1, 0.15) is 16.9 Å². The van der Waals surface area contributed by atoms with Crippen molar-refractivity contribution in [3.63, 3.8) is 0 Å². The zero-order valence-electron chi connectivity index (χ0n) is 16.3. The molecule has 1 saturated heterocycles. The van der Waals surface area contributed by atoms with Crippen molar-refractivity contribution in [2.45, 2.75) is 23.8 Å². The molecule has 150 valence electrons. The maximum atomic E-state index is 13.0. The van der Waals surface area contributed by atoms with Gasteiger partial charge in [-0.05, 0) is 68.5 Å². The lowest BCUT2D eigenvalue weighted by atomic mass is 10.1. The minimum absolute atomic E-state index is 0.0367. The fraction of sp³-hybridized carbons (Fsp3) is 0.0870. The number of furan rings is 1. The first kappa shape index (κ1) is 20.1. The molecule has 0 bridgehead atoms. The summed E-state index contributed by atoms with van der Waals surface area (Å²) in [5.41, 5.74) is 2.80. The van der Waals surface area contributed by atoms with Crippen molar-refractivity contribution in [2.24, 2.45) is 0 Å². The molecule has 1 N–H and O–H groups in total. The molecule has 0 saturated carbocycles. The van der Waals surface area contributed by atoms with Gasteiger partial charge in [0.2, 0.25) is 0 Å². The Kier molecular flexibility index (Phi) is 5.57. The topological polar surface area (TPSA) is 62.6 Å². The summed E-state index contributed by atoms with van der Waals surface area (Å²) in [7, 11) is 0. The summed E-state index contributed by atoms with van der Waals surface area (Å²) in [6, 6.07) is 19.0. The molecule has 1 aliphatic heterocycles. The second-order valence-electron chi connectivity index (χ2n) is 6.87. The number of aryl methyl sites for hydroxylation is 2. The van der Waals surface area contributed by atoms with Crippen LogP contribution < -0.4 is 10.2 Å². The fourth-order valence-electron chi connectivity index (χ4n) is 2.92. The van der Waals surface area contributed by atoms with Crippen molar-refractivity contribution in [1.82, 2.24) is 5.32 Å². The molecule has 0 atom stereocenters. The summed E-state index contributed by atoms with van der Waals surface area (Å²) >= 11 is 6.69. The minimum atomic E-state index is -0.544. The molecule has 0 radical (unpaired) electrons. The van der Waals surface area contributed by atoms with E-state index >= 15 is 0 Å². The van der Waals surface area contributed by atoms with Crippen LogP contribution in [0.3, 0.4) is 0 Å². The van der Waals surface area contributed by atoms with Gasteiger partial charge in [-0.1, -0.05) is 47.2 Å². The van der Waals surface area contributed by atoms with Gasteiger partial charge in [-0.15, -0.1) is 0 Å². The number of thiocarbonyl (C=S) groups is 1. The van der Waals surface area contributed by atoms with Crippen LogP contribution in [0.5, 0.6) is 0 Å². The summed E-state index contributed by atoms with van der Waals surface area (Å²) in [6.07, 6.45) is 1.44. The largest absolute Gasteiger partial charge is 0.450 e. The second kappa shape index (κ2) is 8.30. The van der Waals surface area contributed by atoms with Gasteiger partial charge in [0, 0.05) is 4.90 Å². The standard InChI is InChI=1S/C23H18N2O3S2/c1-14-3-7-16(8-4-14)25-22(27)19(21(26)24-23(25)29)13-17-9-12-20(28-17)30-18-10-5-15(2)6-11-18/h3-13H,1-2H3,(H,24,26,29)/b19-13+. The van der Waals surface area contributed by atoms with E-state index in [2.05, 4.69) is 5.32 Å². The zero-order valence-corrected chi connectivity index (χ0v) is 18.0. The van der Waals surface area contributed by atoms with E-state index in [4.69, 9.17) is 16.6 Å². The van der Waals surface area contributed by atoms with Crippen LogP contribution in [0.15, 0.2) is 80.6 Å². The maximum Gasteiger partial charge on any atom is 0.270 e. The van der Waals surface area contributed by atoms with E-state index in [0.717, 1.165) is 10.5 Å². The van der Waals surface area contributed by atoms with E-state index in [9.17, 15) is 9.59 Å². The third-order valence-electron chi connectivity index (χ3n) is 4.52. The number of anilines is 1. The molecule has 5 nitrogen and oxygen atoms in total. The lowest BCUT2D eigenvalue weighted by Crippen LogP contribution is -2.54. The van der Waals surface area contributed by atoms with E-state index in [0.29, 0.717) is 16.5 Å². The van der Waals surface area contributed by atoms with E-state index < -0.39 is 11.8 Å². The number of benzene rings is 2. The van der Waals surface area contributed by atoms with Crippen LogP contribution in [0, 0.1) is 13.8 Å². The monoisotopic (exact) mass is 434 g/mol. The van der Waals surface area contributed by atoms with Crippen molar-refractivity contribution >= 4 is 52.7 Å². The lowest BCUT2D eigenvalue weighted by molar-refractivity contribution is -0.122. The number of nitrogens with zero attached hydrogens (tertiary/aromatic N) is 1. The summed E-state index contributed by atoms with van der Waals surface area (Å²) in [4.78, 5) is 27.8. The average molecular weight is 435 g/mol. The van der Waals surface area contributed by atoms with Gasteiger partial charge in [0.05, 0.1) is 5.69 Å². The molecule has 0 unspecified atom stereocenters. The molecule has 7 heteroatoms. The highest BCUT2D eigenvalue weighted by molar-refractivity contribution is 7.99. The van der Waals surface area contributed by atoms with Crippen LogP contribution in [-0.4, -0.2) is 16.9 Å². The third kappa shape index (κ3) is 4.22. The van der Waals surface area contributed by atoms with Crippen molar-refractivity contribution in [3.8, 4) is 0 Å². The highest BCUT2D eigenvalue weighted by Crippen LogP contribution is 2.30. The number of hydrogen-bond donors (Lipinski definition) is 1. The van der Waals surface area contributed by atoms with Gasteiger partial charge in [0.25, 0.3) is 11.8 Å². The van der Waals surface area contributed by atoms with Crippen molar-refractivity contribution in [1.29, 1.82) is 0 Å². The van der Waals surface area contributed by atoms with Gasteiger partial charge in [-0.3, -0.25) is 19.8 Å². The Hall–Kier alpha value is -3.16. The minimum Gasteiger partial charge on any atom is -0.450 e. The molecular formula is C23H18N2O3S2. The summed E-state index contributed by atoms with van der Waals surface area (Å²) in [5.74, 6) is -0.617. The predicted octanol–water partition coefficient (Wildman–Crippen LogP) is 4.88. The Labute approximate surface area is 183 Å². The number of hydrogen-bond acceptors (Lipinski definition) is 5. The number of nitrogens with one attached hydrogen (secondary N) is 1. The predicted molar refractivity (Wildman–Crippen MR) is 121 cm³/mol. The number of carbonyl (C=O) groups excluding carboxylic acids is 2. The Morgan fingerprint density at radius 2 is 1.57 bits per heavy atom. The first-order chi connectivity index (χ1) is 14.4. The van der Waals surface area contributed by atoms with Crippen LogP contribution in [0.25, 0.3) is 6.08 Å². The molecule has 3 aromatic rings. The first-order valence-electron chi connectivity index (χ1n) is 9.23. The molecule has 0 aliphatic carbocycles. The molecule has 1 fully saturated rings. The quantitative estimate of drug-likeness (QED) is 0.360. The van der Waals surface area contributed by atoms with Gasteiger partial charge in [0.1, 0.15) is 11.3 Å². The number of rotatable bonds is 4. The molecule has 0 spiro atoms. The SMILES string of the molecule is Cc1ccc(Sc2ccc(/C=C3\C(=O)NC(=S)N(c4ccc(C)cc4)C3=O)o2)cc1. The summed E-state index contributed by atoms with van der Waals surface area (Å²) in [6.45, 7) is 3.99. The zero-order chi connectivity index (χ0) is 21.3. The maximum absolute atomic E-state index is 13.0. The average Bonchev–Trinajstić information content (AvgIpc) is 3.15. The Morgan fingerprint density at radius 1 is 0.933 bits per heavy atom. The van der Waals surface area contributed by atoms with E-state index in [-0.39, 0.29) is 10.7 Å². The molecule has 2 aromatic carbocycles. The van der Waals surface area contributed by atoms with Gasteiger partial charge in [-0.2, -0.15) is 0 Å². The molecule has 30 heavy (non-hydrogen) atoms. The van der Waals surface area contributed by atoms with Gasteiger partial charge in [-0.25, -0.2) is 0 Å². The van der Waals surface area contributed by atoms with Crippen LogP contribution >= 0.6 is 24.0 Å². The van der Waals surface area contributed by atoms with Crippen molar-refractivity contribution in [2.75, 3.05) is 4.90 Å². The summed E-state index contributed by atoms with van der Waals surface area (Å²) in [5, 5.41) is 3.30. The van der Waals surface area contributed by atoms with Gasteiger partial charge < -0.3 is 4.42 Å². The lowest BCUT2D eigenvalue weighted by Gasteiger charge is -2.28. The Morgan fingerprint density at radius 3 is 2.23 bits per heavy atom. The highest BCUT2D eigenvalue weighted by atomic mass is 32.2. The summed E-state index contributed by atoms with van der Waals surface area (Å²) < 4.78 is 5.80. The highest BCUT2D eigenvalue weighted by Gasteiger charge is 2.34. The van der Waals surface area contributed by atoms with Crippen molar-refractivity contribution in [3.05, 3.63) is 83.1 Å². The fourth-order valence-corrected chi connectivity index (χ4v) is 3.98. The van der Waals surface area contributed by atoms with Crippen LogP contribution in [0.2, 0.25) is 0 Å². The molecule has 1 aliphatic rings. The van der Waals surface area contributed by atoms with Crippen LogP contribution in [-0.2, 0) is 9.59 Å². The first-order valence-corrected chi connectivity index (χ1v) is 10.5. The van der Waals surface area contributed by atoms with Crippen molar-refractivity contribution < 1.29 is 14.0 Å². The van der Waals surface area contributed by atoms with E-state index in [1.54, 1.807) is 18.2 Å². The molecular weight excluding hydrogens is 416 g/mol. The number of amides is 2. The molecule has 2 heterocycles. The second-order valence-corrected chi connectivity index (χ2v) is 8.33. The smallest absolute Gasteiger partial charge is 0.270 e. The Balaban J connectivity index is 1.59. The van der Waals surface area contributed by atoms with Gasteiger partial charge in [0.15, 0.2) is 10.2 Å². The third-order valence-corrected chi connectivity index (χ3v) is 5.74. The normalized spacial score (nSPS) is 15.6. The molecule has 1 aromatic heterocycles. The molecule has 2 amide bonds. The van der Waals surface area contributed by atoms with E-state index in [1.165, 1.54) is 28.3 Å². The van der Waals surface area contributed by atoms with E-state index in [1.807, 2.05) is 56.3 Å². The number of carbonyl (C=O) groups is 2. The van der Waals surface area contributed by atoms with Crippen LogP contribution in [0.4, 0.5) is 5.69 Å². The Bertz CT molecular complexity index is 1160.